The first-order valence-electron chi connectivity index (χ1n) is 17.3. The minimum atomic E-state index is 0.222. The molecule has 4 aliphatic rings. The second kappa shape index (κ2) is 10.9. The lowest BCUT2D eigenvalue weighted by molar-refractivity contribution is 0.679. The molecular weight excluding hydrogens is 585 g/mol. The molecule has 0 amide bonds. The third-order valence-electron chi connectivity index (χ3n) is 11.4. The molecule has 3 aliphatic carbocycles. The Morgan fingerprint density at radius 3 is 2.38 bits per heavy atom. The van der Waals surface area contributed by atoms with Gasteiger partial charge in [-0.3, -0.25) is 0 Å². The molecule has 1 aromatic heterocycles. The van der Waals surface area contributed by atoms with E-state index in [2.05, 4.69) is 137 Å². The Hall–Kier alpha value is -4.34. The highest BCUT2D eigenvalue weighted by atomic mass is 32.1. The largest absolute Gasteiger partial charge is 0.310 e. The van der Waals surface area contributed by atoms with E-state index in [0.717, 1.165) is 25.7 Å². The minimum absolute atomic E-state index is 0.222. The topological polar surface area (TPSA) is 3.24 Å². The van der Waals surface area contributed by atoms with Crippen LogP contribution in [0.3, 0.4) is 0 Å². The lowest BCUT2D eigenvalue weighted by atomic mass is 9.30. The van der Waals surface area contributed by atoms with Gasteiger partial charge in [0.2, 0.25) is 6.71 Å². The first-order valence-corrected chi connectivity index (χ1v) is 18.1. The number of fused-ring (bicyclic) bond motifs is 6. The average molecular weight is 626 g/mol. The zero-order valence-corrected chi connectivity index (χ0v) is 28.9. The van der Waals surface area contributed by atoms with Crippen LogP contribution in [-0.2, 0) is 12.8 Å². The van der Waals surface area contributed by atoms with Crippen LogP contribution in [0.1, 0.15) is 71.9 Å². The molecule has 0 spiro atoms. The SMILES string of the molecule is CC1=C(c2ccccc2C)N(C2=CCCc3c2sc2ccccc32)c2cccc(C)c2B1C1=C(C)C2=C(Cc3ccccc32)CC1C. The van der Waals surface area contributed by atoms with E-state index in [-0.39, 0.29) is 6.71 Å². The van der Waals surface area contributed by atoms with E-state index < -0.39 is 0 Å². The smallest absolute Gasteiger partial charge is 0.238 e. The van der Waals surface area contributed by atoms with Gasteiger partial charge in [-0.1, -0.05) is 120 Å². The van der Waals surface area contributed by atoms with Crippen LogP contribution in [0.4, 0.5) is 5.69 Å². The fraction of sp³-hybridized carbons (Fsp3) is 0.227. The van der Waals surface area contributed by atoms with E-state index in [1.54, 1.807) is 11.0 Å². The molecule has 4 aromatic carbocycles. The highest BCUT2D eigenvalue weighted by molar-refractivity contribution is 7.20. The summed E-state index contributed by atoms with van der Waals surface area (Å²) in [6.45, 7) is 12.2. The molecule has 0 saturated carbocycles. The molecule has 1 nitrogen and oxygen atoms in total. The van der Waals surface area contributed by atoms with E-state index in [4.69, 9.17) is 0 Å². The number of aryl methyl sites for hydroxylation is 3. The van der Waals surface area contributed by atoms with Crippen LogP contribution in [0, 0.1) is 19.8 Å². The second-order valence-corrected chi connectivity index (χ2v) is 15.2. The molecule has 2 heterocycles. The standard InChI is InChI=1S/C44H40BNS/c1-26-14-6-8-17-33(26)43-30(5)45(41-28(3)24-32-25-31-16-7-9-18-34(31)40(32)29(41)4)42-27(2)15-12-21-37(42)46(43)38-22-13-20-36-35-19-10-11-23-39(35)47-44(36)38/h6-12,14-19,21-23,28H,13,20,24-25H2,1-5H3. The molecule has 0 saturated heterocycles. The first-order chi connectivity index (χ1) is 22.9. The van der Waals surface area contributed by atoms with E-state index in [0.29, 0.717) is 5.92 Å². The highest BCUT2D eigenvalue weighted by Gasteiger charge is 2.43. The number of hydrogen-bond acceptors (Lipinski definition) is 2. The van der Waals surface area contributed by atoms with Crippen molar-refractivity contribution >= 4 is 56.3 Å². The van der Waals surface area contributed by atoms with Crippen molar-refractivity contribution in [3.63, 3.8) is 0 Å². The predicted octanol–water partition coefficient (Wildman–Crippen LogP) is 10.9. The zero-order chi connectivity index (χ0) is 32.0. The molecule has 0 fully saturated rings. The molecule has 1 aliphatic heterocycles. The van der Waals surface area contributed by atoms with Gasteiger partial charge in [-0.25, -0.2) is 0 Å². The summed E-state index contributed by atoms with van der Waals surface area (Å²) in [5.41, 5.74) is 21.8. The van der Waals surface area contributed by atoms with Crippen LogP contribution < -0.4 is 10.4 Å². The molecule has 0 radical (unpaired) electrons. The van der Waals surface area contributed by atoms with Crippen molar-refractivity contribution in [2.24, 2.45) is 5.92 Å². The second-order valence-electron chi connectivity index (χ2n) is 14.2. The van der Waals surface area contributed by atoms with Gasteiger partial charge in [-0.15, -0.1) is 11.3 Å². The van der Waals surface area contributed by atoms with Crippen LogP contribution in [0.5, 0.6) is 0 Å². The summed E-state index contributed by atoms with van der Waals surface area (Å²) < 4.78 is 1.39. The van der Waals surface area contributed by atoms with E-state index in [1.165, 1.54) is 87.5 Å². The third-order valence-corrected chi connectivity index (χ3v) is 12.6. The maximum absolute atomic E-state index is 2.67. The molecule has 5 aromatic rings. The Labute approximate surface area is 283 Å². The number of benzene rings is 4. The van der Waals surface area contributed by atoms with Gasteiger partial charge in [0.25, 0.3) is 0 Å². The fourth-order valence-corrected chi connectivity index (χ4v) is 10.7. The fourth-order valence-electron chi connectivity index (χ4n) is 9.45. The van der Waals surface area contributed by atoms with Crippen LogP contribution in [0.25, 0.3) is 27.1 Å². The zero-order valence-electron chi connectivity index (χ0n) is 28.1. The molecule has 1 atom stereocenters. The Morgan fingerprint density at radius 1 is 0.787 bits per heavy atom. The minimum Gasteiger partial charge on any atom is -0.310 e. The van der Waals surface area contributed by atoms with E-state index in [1.807, 2.05) is 11.3 Å². The van der Waals surface area contributed by atoms with Gasteiger partial charge in [-0.2, -0.15) is 0 Å². The van der Waals surface area contributed by atoms with Crippen LogP contribution in [-0.4, -0.2) is 6.71 Å². The Balaban J connectivity index is 1.33. The summed E-state index contributed by atoms with van der Waals surface area (Å²) in [5, 5.41) is 1.42. The number of hydrogen-bond donors (Lipinski definition) is 0. The third kappa shape index (κ3) is 4.22. The lowest BCUT2D eigenvalue weighted by Gasteiger charge is -2.43. The number of rotatable bonds is 3. The van der Waals surface area contributed by atoms with Crippen molar-refractivity contribution in [3.8, 4) is 0 Å². The summed E-state index contributed by atoms with van der Waals surface area (Å²) in [6.07, 6.45) is 6.92. The lowest BCUT2D eigenvalue weighted by Crippen LogP contribution is -2.48. The summed E-state index contributed by atoms with van der Waals surface area (Å²) in [5.74, 6) is 0.475. The maximum atomic E-state index is 2.67. The monoisotopic (exact) mass is 625 g/mol. The summed E-state index contributed by atoms with van der Waals surface area (Å²) in [4.78, 5) is 4.10. The summed E-state index contributed by atoms with van der Waals surface area (Å²) >= 11 is 1.97. The first kappa shape index (κ1) is 28.9. The molecule has 9 rings (SSSR count). The number of anilines is 1. The van der Waals surface area contributed by atoms with Crippen LogP contribution in [0.15, 0.2) is 119 Å². The molecular formula is C44H40BNS. The van der Waals surface area contributed by atoms with Crippen molar-refractivity contribution in [2.75, 3.05) is 4.90 Å². The Kier molecular flexibility index (Phi) is 6.66. The normalized spacial score (nSPS) is 18.8. The predicted molar refractivity (Wildman–Crippen MR) is 204 cm³/mol. The molecule has 0 bridgehead atoms. The molecule has 47 heavy (non-hydrogen) atoms. The van der Waals surface area contributed by atoms with Crippen molar-refractivity contribution < 1.29 is 0 Å². The van der Waals surface area contributed by atoms with Crippen molar-refractivity contribution in [3.05, 3.63) is 157 Å². The van der Waals surface area contributed by atoms with Gasteiger partial charge in [-0.05, 0) is 110 Å². The van der Waals surface area contributed by atoms with Gasteiger partial charge in [0.15, 0.2) is 0 Å². The van der Waals surface area contributed by atoms with Crippen molar-refractivity contribution in [1.82, 2.24) is 0 Å². The Bertz CT molecular complexity index is 2270. The summed E-state index contributed by atoms with van der Waals surface area (Å²) in [7, 11) is 0. The number of allylic oxidation sites excluding steroid dienone is 6. The van der Waals surface area contributed by atoms with E-state index in [9.17, 15) is 0 Å². The van der Waals surface area contributed by atoms with Gasteiger partial charge in [0.1, 0.15) is 0 Å². The van der Waals surface area contributed by atoms with Crippen molar-refractivity contribution in [1.29, 1.82) is 0 Å². The van der Waals surface area contributed by atoms with Crippen LogP contribution in [0.2, 0.25) is 0 Å². The summed E-state index contributed by atoms with van der Waals surface area (Å²) in [6, 6.07) is 34.2. The van der Waals surface area contributed by atoms with Crippen molar-refractivity contribution in [2.45, 2.75) is 60.3 Å². The van der Waals surface area contributed by atoms with Gasteiger partial charge < -0.3 is 4.90 Å². The van der Waals surface area contributed by atoms with Gasteiger partial charge >= 0.3 is 0 Å². The number of thiophene rings is 1. The molecule has 0 N–H and O–H groups in total. The maximum Gasteiger partial charge on any atom is 0.238 e. The van der Waals surface area contributed by atoms with Gasteiger partial charge in [0.05, 0.1) is 10.6 Å². The number of nitrogens with zero attached hydrogens (tertiary/aromatic N) is 1. The highest BCUT2D eigenvalue weighted by Crippen LogP contribution is 2.51. The quantitative estimate of drug-likeness (QED) is 0.180. The Morgan fingerprint density at radius 2 is 1.53 bits per heavy atom. The van der Waals surface area contributed by atoms with E-state index >= 15 is 0 Å². The van der Waals surface area contributed by atoms with Crippen LogP contribution >= 0.6 is 11.3 Å². The average Bonchev–Trinajstić information content (AvgIpc) is 3.64. The molecule has 3 heteroatoms. The molecule has 230 valence electrons. The van der Waals surface area contributed by atoms with Gasteiger partial charge in [0, 0.05) is 21.6 Å². The molecule has 1 unspecified atom stereocenters.